The Morgan fingerprint density at radius 1 is 1.44 bits per heavy atom. The van der Waals surface area contributed by atoms with E-state index in [2.05, 4.69) is 26.2 Å². The Morgan fingerprint density at radius 3 is 2.72 bits per heavy atom. The summed E-state index contributed by atoms with van der Waals surface area (Å²) in [5, 5.41) is 11.6. The Morgan fingerprint density at radius 2 is 2.17 bits per heavy atom. The van der Waals surface area contributed by atoms with E-state index in [1.54, 1.807) is 7.05 Å². The maximum atomic E-state index is 8.82. The van der Waals surface area contributed by atoms with Crippen LogP contribution in [0.1, 0.15) is 11.6 Å². The number of nitriles is 1. The van der Waals surface area contributed by atoms with Crippen molar-refractivity contribution in [2.24, 2.45) is 0 Å². The Hall–Kier alpha value is -2.00. The number of aromatic nitrogens is 1. The molecule has 0 bridgehead atoms. The molecule has 92 valence electrons. The minimum absolute atomic E-state index is 0.179. The number of nitrogens with zero attached hydrogens (tertiary/aromatic N) is 2. The predicted molar refractivity (Wildman–Crippen MR) is 69.2 cm³/mol. The van der Waals surface area contributed by atoms with Gasteiger partial charge in [0.05, 0.1) is 0 Å². The van der Waals surface area contributed by atoms with Crippen LogP contribution in [0.5, 0.6) is 5.75 Å². The highest BCUT2D eigenvalue weighted by Crippen LogP contribution is 2.19. The molecule has 2 rings (SSSR count). The lowest BCUT2D eigenvalue weighted by molar-refractivity contribution is 0.265. The van der Waals surface area contributed by atoms with Gasteiger partial charge in [-0.25, -0.2) is 0 Å². The van der Waals surface area contributed by atoms with E-state index in [-0.39, 0.29) is 12.3 Å². The zero-order chi connectivity index (χ0) is 13.0. The second-order valence-corrected chi connectivity index (χ2v) is 4.31. The average molecular weight is 308 g/mol. The molecule has 0 unspecified atom stereocenters. The molecule has 0 aliphatic heterocycles. The first-order valence-corrected chi connectivity index (χ1v) is 5.98. The topological polar surface area (TPSA) is 71.1 Å². The molecule has 0 radical (unpaired) electrons. The van der Waals surface area contributed by atoms with Crippen molar-refractivity contribution in [2.75, 3.05) is 12.4 Å². The summed E-state index contributed by atoms with van der Waals surface area (Å²) in [5.74, 6) is 1.42. The first-order chi connectivity index (χ1) is 8.72. The molecule has 0 amide bonds. The minimum Gasteiger partial charge on any atom is -0.484 e. The number of benzene rings is 1. The van der Waals surface area contributed by atoms with Crippen LogP contribution in [0.2, 0.25) is 0 Å². The molecule has 18 heavy (non-hydrogen) atoms. The maximum absolute atomic E-state index is 8.82. The fourth-order valence-corrected chi connectivity index (χ4v) is 1.61. The number of halogens is 1. The van der Waals surface area contributed by atoms with Crippen molar-refractivity contribution in [3.63, 3.8) is 0 Å². The summed E-state index contributed by atoms with van der Waals surface area (Å²) in [6, 6.07) is 9.36. The van der Waals surface area contributed by atoms with Gasteiger partial charge in [-0.2, -0.15) is 10.2 Å². The van der Waals surface area contributed by atoms with Gasteiger partial charge in [-0.05, 0) is 24.3 Å². The molecule has 2 aromatic rings. The highest BCUT2D eigenvalue weighted by atomic mass is 79.9. The maximum Gasteiger partial charge on any atom is 0.236 e. The lowest BCUT2D eigenvalue weighted by Gasteiger charge is -2.02. The van der Waals surface area contributed by atoms with Crippen molar-refractivity contribution < 1.29 is 9.15 Å². The van der Waals surface area contributed by atoms with Crippen molar-refractivity contribution in [1.82, 2.24) is 4.98 Å². The summed E-state index contributed by atoms with van der Waals surface area (Å²) in [4.78, 5) is 4.01. The SMILES string of the molecule is CNc1oc(COc2ccc(Br)cc2)nc1C#N. The van der Waals surface area contributed by atoms with Crippen LogP contribution in [-0.4, -0.2) is 12.0 Å². The van der Waals surface area contributed by atoms with Crippen LogP contribution in [0, 0.1) is 11.3 Å². The van der Waals surface area contributed by atoms with Crippen LogP contribution in [0.3, 0.4) is 0 Å². The van der Waals surface area contributed by atoms with E-state index < -0.39 is 0 Å². The summed E-state index contributed by atoms with van der Waals surface area (Å²) in [7, 11) is 1.67. The molecule has 0 atom stereocenters. The van der Waals surface area contributed by atoms with Crippen LogP contribution < -0.4 is 10.1 Å². The summed E-state index contributed by atoms with van der Waals surface area (Å²) in [6.07, 6.45) is 0. The van der Waals surface area contributed by atoms with Gasteiger partial charge < -0.3 is 14.5 Å². The van der Waals surface area contributed by atoms with E-state index in [9.17, 15) is 0 Å². The molecular formula is C12H10BrN3O2. The number of rotatable bonds is 4. The summed E-state index contributed by atoms with van der Waals surface area (Å²) in [6.45, 7) is 0.179. The van der Waals surface area contributed by atoms with E-state index in [0.717, 1.165) is 4.47 Å². The molecule has 0 saturated heterocycles. The summed E-state index contributed by atoms with van der Waals surface area (Å²) >= 11 is 3.34. The normalized spacial score (nSPS) is 9.83. The van der Waals surface area contributed by atoms with E-state index in [1.807, 2.05) is 30.3 Å². The Balaban J connectivity index is 2.04. The smallest absolute Gasteiger partial charge is 0.236 e. The number of ether oxygens (including phenoxy) is 1. The highest BCUT2D eigenvalue weighted by molar-refractivity contribution is 9.10. The second-order valence-electron chi connectivity index (χ2n) is 3.39. The molecule has 0 fully saturated rings. The molecule has 5 nitrogen and oxygen atoms in total. The lowest BCUT2D eigenvalue weighted by atomic mass is 10.3. The predicted octanol–water partition coefficient (Wildman–Crippen LogP) is 2.93. The van der Waals surface area contributed by atoms with Gasteiger partial charge in [-0.15, -0.1) is 0 Å². The Kier molecular flexibility index (Phi) is 3.85. The number of nitrogens with one attached hydrogen (secondary N) is 1. The van der Waals surface area contributed by atoms with E-state index in [1.165, 1.54) is 0 Å². The fourth-order valence-electron chi connectivity index (χ4n) is 1.35. The average Bonchev–Trinajstić information content (AvgIpc) is 2.80. The summed E-state index contributed by atoms with van der Waals surface area (Å²) in [5.41, 5.74) is 0.229. The van der Waals surface area contributed by atoms with Gasteiger partial charge in [-0.1, -0.05) is 15.9 Å². The van der Waals surface area contributed by atoms with Gasteiger partial charge in [0, 0.05) is 11.5 Å². The van der Waals surface area contributed by atoms with Crippen LogP contribution in [0.15, 0.2) is 33.2 Å². The standard InChI is InChI=1S/C12H10BrN3O2/c1-15-12-10(6-14)16-11(18-12)7-17-9-4-2-8(13)3-5-9/h2-5,15H,7H2,1H3. The van der Waals surface area contributed by atoms with Crippen molar-refractivity contribution >= 4 is 21.8 Å². The van der Waals surface area contributed by atoms with Gasteiger partial charge in [-0.3, -0.25) is 0 Å². The van der Waals surface area contributed by atoms with E-state index in [4.69, 9.17) is 14.4 Å². The number of hydrogen-bond donors (Lipinski definition) is 1. The molecule has 1 heterocycles. The third-order valence-corrected chi connectivity index (χ3v) is 2.71. The lowest BCUT2D eigenvalue weighted by Crippen LogP contribution is -1.95. The molecule has 1 N–H and O–H groups in total. The molecule has 1 aromatic heterocycles. The van der Waals surface area contributed by atoms with Crippen molar-refractivity contribution in [3.05, 3.63) is 40.3 Å². The quantitative estimate of drug-likeness (QED) is 0.940. The van der Waals surface area contributed by atoms with Gasteiger partial charge >= 0.3 is 0 Å². The highest BCUT2D eigenvalue weighted by Gasteiger charge is 2.11. The molecule has 0 spiro atoms. The van der Waals surface area contributed by atoms with Gasteiger partial charge in [0.1, 0.15) is 11.8 Å². The van der Waals surface area contributed by atoms with Crippen molar-refractivity contribution in [2.45, 2.75) is 6.61 Å². The van der Waals surface area contributed by atoms with E-state index >= 15 is 0 Å². The van der Waals surface area contributed by atoms with Crippen LogP contribution in [0.4, 0.5) is 5.88 Å². The van der Waals surface area contributed by atoms with Crippen LogP contribution in [-0.2, 0) is 6.61 Å². The van der Waals surface area contributed by atoms with Gasteiger partial charge in [0.15, 0.2) is 6.61 Å². The largest absolute Gasteiger partial charge is 0.484 e. The van der Waals surface area contributed by atoms with Gasteiger partial charge in [0.25, 0.3) is 0 Å². The van der Waals surface area contributed by atoms with Gasteiger partial charge in [0.2, 0.25) is 17.5 Å². The first kappa shape index (κ1) is 12.5. The molecule has 0 aliphatic carbocycles. The molecular weight excluding hydrogens is 298 g/mol. The Bertz CT molecular complexity index is 572. The van der Waals surface area contributed by atoms with E-state index in [0.29, 0.717) is 17.5 Å². The number of anilines is 1. The Labute approximate surface area is 113 Å². The van der Waals surface area contributed by atoms with Crippen LogP contribution in [0.25, 0.3) is 0 Å². The van der Waals surface area contributed by atoms with Crippen molar-refractivity contribution in [1.29, 1.82) is 5.26 Å². The van der Waals surface area contributed by atoms with Crippen LogP contribution >= 0.6 is 15.9 Å². The second kappa shape index (κ2) is 5.56. The third-order valence-electron chi connectivity index (χ3n) is 2.18. The number of hydrogen-bond acceptors (Lipinski definition) is 5. The fraction of sp³-hybridized carbons (Fsp3) is 0.167. The summed E-state index contributed by atoms with van der Waals surface area (Å²) < 4.78 is 11.8. The van der Waals surface area contributed by atoms with Crippen molar-refractivity contribution in [3.8, 4) is 11.8 Å². The number of oxazole rings is 1. The minimum atomic E-state index is 0.179. The first-order valence-electron chi connectivity index (χ1n) is 5.19. The third kappa shape index (κ3) is 2.81. The zero-order valence-electron chi connectivity index (χ0n) is 9.61. The monoisotopic (exact) mass is 307 g/mol. The molecule has 6 heteroatoms. The molecule has 1 aromatic carbocycles. The zero-order valence-corrected chi connectivity index (χ0v) is 11.2. The molecule has 0 saturated carbocycles. The molecule has 0 aliphatic rings.